The molecule has 3 heterocycles. The van der Waals surface area contributed by atoms with Gasteiger partial charge in [-0.2, -0.15) is 18.3 Å². The summed E-state index contributed by atoms with van der Waals surface area (Å²) in [7, 11) is 0. The molecule has 36 heavy (non-hydrogen) atoms. The maximum atomic E-state index is 13.4. The van der Waals surface area contributed by atoms with Crippen LogP contribution in [0.15, 0.2) is 36.4 Å². The van der Waals surface area contributed by atoms with E-state index >= 15 is 0 Å². The van der Waals surface area contributed by atoms with Crippen LogP contribution in [0.25, 0.3) is 10.8 Å². The molecule has 1 atom stereocenters. The van der Waals surface area contributed by atoms with E-state index in [9.17, 15) is 18.0 Å². The maximum absolute atomic E-state index is 13.4. The Bertz CT molecular complexity index is 1320. The van der Waals surface area contributed by atoms with Gasteiger partial charge < -0.3 is 15.5 Å². The third-order valence-electron chi connectivity index (χ3n) is 7.83. The number of nitrogens with one attached hydrogen (secondary N) is 2. The molecule has 2 aromatic carbocycles. The molecule has 2 saturated heterocycles. The fourth-order valence-electron chi connectivity index (χ4n) is 5.70. The predicted molar refractivity (Wildman–Crippen MR) is 134 cm³/mol. The average molecular weight is 498 g/mol. The van der Waals surface area contributed by atoms with Gasteiger partial charge in [0.1, 0.15) is 0 Å². The van der Waals surface area contributed by atoms with Gasteiger partial charge >= 0.3 is 6.18 Å². The minimum atomic E-state index is -4.42. The smallest absolute Gasteiger partial charge is 0.362 e. The van der Waals surface area contributed by atoms with E-state index in [0.29, 0.717) is 17.9 Å². The van der Waals surface area contributed by atoms with E-state index in [1.165, 1.54) is 13.0 Å². The molecule has 5 rings (SSSR count). The molecule has 9 heteroatoms. The van der Waals surface area contributed by atoms with E-state index in [-0.39, 0.29) is 16.9 Å². The molecule has 2 fully saturated rings. The number of amides is 1. The number of carbonyl (C=O) groups excluding carboxylic acids is 1. The number of halogens is 3. The van der Waals surface area contributed by atoms with Gasteiger partial charge in [0.25, 0.3) is 0 Å². The molecule has 2 N–H and O–H groups in total. The molecule has 1 amide bonds. The van der Waals surface area contributed by atoms with Gasteiger partial charge in [0.05, 0.1) is 22.7 Å². The maximum Gasteiger partial charge on any atom is 0.416 e. The summed E-state index contributed by atoms with van der Waals surface area (Å²) in [5.74, 6) is 0.648. The van der Waals surface area contributed by atoms with Crippen molar-refractivity contribution in [1.82, 2.24) is 15.5 Å². The average Bonchev–Trinajstić information content (AvgIpc) is 3.15. The molecule has 1 aromatic heterocycles. The first-order valence-corrected chi connectivity index (χ1v) is 12.3. The van der Waals surface area contributed by atoms with Crippen LogP contribution >= 0.6 is 0 Å². The highest BCUT2D eigenvalue weighted by Crippen LogP contribution is 2.43. The van der Waals surface area contributed by atoms with E-state index in [0.717, 1.165) is 60.6 Å². The minimum absolute atomic E-state index is 0.171. The van der Waals surface area contributed by atoms with E-state index in [4.69, 9.17) is 0 Å². The van der Waals surface area contributed by atoms with Crippen molar-refractivity contribution in [2.45, 2.75) is 52.3 Å². The molecule has 0 saturated carbocycles. The summed E-state index contributed by atoms with van der Waals surface area (Å²) in [6.07, 6.45) is -1.88. The molecule has 2 aliphatic rings. The van der Waals surface area contributed by atoms with Crippen molar-refractivity contribution in [2.24, 2.45) is 5.41 Å². The number of carbonyl (C=O) groups is 1. The van der Waals surface area contributed by atoms with Crippen LogP contribution < -0.4 is 15.5 Å². The minimum Gasteiger partial charge on any atom is -0.362 e. The number of piperidine rings is 1. The van der Waals surface area contributed by atoms with Gasteiger partial charge in [-0.05, 0) is 82.4 Å². The van der Waals surface area contributed by atoms with Gasteiger partial charge in [0.15, 0.2) is 5.82 Å². The molecule has 190 valence electrons. The Kier molecular flexibility index (Phi) is 6.14. The zero-order valence-corrected chi connectivity index (χ0v) is 20.7. The number of nitrogens with zero attached hydrogens (tertiary/aromatic N) is 3. The van der Waals surface area contributed by atoms with E-state index in [1.807, 2.05) is 36.9 Å². The van der Waals surface area contributed by atoms with Gasteiger partial charge in [-0.25, -0.2) is 0 Å². The van der Waals surface area contributed by atoms with Crippen molar-refractivity contribution in [2.75, 3.05) is 29.9 Å². The van der Waals surface area contributed by atoms with Crippen molar-refractivity contribution >= 4 is 28.2 Å². The molecule has 1 unspecified atom stereocenters. The fraction of sp³-hybridized carbons (Fsp3) is 0.444. The SMILES string of the molecule is Cc1c(C(C)Nc2nnc(C)c3ccc(N4CCC5(CCNCC5)C4=O)cc23)cccc1C(F)(F)F. The van der Waals surface area contributed by atoms with Crippen LogP contribution in [0.2, 0.25) is 0 Å². The number of anilines is 2. The third-order valence-corrected chi connectivity index (χ3v) is 7.83. The Morgan fingerprint density at radius 3 is 2.53 bits per heavy atom. The number of hydrogen-bond donors (Lipinski definition) is 2. The molecular weight excluding hydrogens is 467 g/mol. The first kappa shape index (κ1) is 24.5. The number of aromatic nitrogens is 2. The summed E-state index contributed by atoms with van der Waals surface area (Å²) in [5, 5.41) is 16.9. The number of benzene rings is 2. The first-order chi connectivity index (χ1) is 17.1. The third kappa shape index (κ3) is 4.19. The summed E-state index contributed by atoms with van der Waals surface area (Å²) < 4.78 is 40.3. The highest BCUT2D eigenvalue weighted by atomic mass is 19.4. The molecule has 0 radical (unpaired) electrons. The van der Waals surface area contributed by atoms with Gasteiger partial charge in [0.2, 0.25) is 5.91 Å². The quantitative estimate of drug-likeness (QED) is 0.495. The first-order valence-electron chi connectivity index (χ1n) is 12.3. The summed E-state index contributed by atoms with van der Waals surface area (Å²) in [6, 6.07) is 9.61. The standard InChI is InChI=1S/C27H30F3N5O/c1-16-20(5-4-6-23(16)27(28,29)30)17(2)32-24-22-15-19(7-8-21(22)18(3)33-34-24)35-14-11-26(25(35)36)9-12-31-13-10-26/h4-8,15,17,31H,9-14H2,1-3H3,(H,32,34). The lowest BCUT2D eigenvalue weighted by Gasteiger charge is -2.32. The van der Waals surface area contributed by atoms with E-state index in [2.05, 4.69) is 20.8 Å². The lowest BCUT2D eigenvalue weighted by molar-refractivity contribution is -0.138. The Balaban J connectivity index is 1.49. The monoisotopic (exact) mass is 497 g/mol. The van der Waals surface area contributed by atoms with Crippen LogP contribution in [0, 0.1) is 19.3 Å². The van der Waals surface area contributed by atoms with Gasteiger partial charge in [-0.1, -0.05) is 18.2 Å². The highest BCUT2D eigenvalue weighted by Gasteiger charge is 2.47. The molecule has 6 nitrogen and oxygen atoms in total. The van der Waals surface area contributed by atoms with Gasteiger partial charge in [-0.3, -0.25) is 4.79 Å². The number of alkyl halides is 3. The van der Waals surface area contributed by atoms with Gasteiger partial charge in [-0.15, -0.1) is 5.10 Å². The lowest BCUT2D eigenvalue weighted by Crippen LogP contribution is -2.42. The number of aryl methyl sites for hydroxylation is 1. The van der Waals surface area contributed by atoms with Crippen molar-refractivity contribution in [3.8, 4) is 0 Å². The second-order valence-electron chi connectivity index (χ2n) is 9.98. The summed E-state index contributed by atoms with van der Waals surface area (Å²) >= 11 is 0. The van der Waals surface area contributed by atoms with Crippen molar-refractivity contribution in [3.05, 3.63) is 58.8 Å². The Labute approximate surface area is 208 Å². The van der Waals surface area contributed by atoms with Crippen LogP contribution in [-0.4, -0.2) is 35.7 Å². The second kappa shape index (κ2) is 9.03. The van der Waals surface area contributed by atoms with Crippen molar-refractivity contribution in [1.29, 1.82) is 0 Å². The van der Waals surface area contributed by atoms with E-state index < -0.39 is 17.8 Å². The van der Waals surface area contributed by atoms with Crippen LogP contribution in [0.5, 0.6) is 0 Å². The Hall–Kier alpha value is -3.20. The van der Waals surface area contributed by atoms with Crippen LogP contribution in [0.3, 0.4) is 0 Å². The normalized spacial score (nSPS) is 18.7. The zero-order chi connectivity index (χ0) is 25.7. The summed E-state index contributed by atoms with van der Waals surface area (Å²) in [4.78, 5) is 15.3. The number of hydrogen-bond acceptors (Lipinski definition) is 5. The molecule has 1 spiro atoms. The van der Waals surface area contributed by atoms with Gasteiger partial charge in [0, 0.05) is 23.0 Å². The Morgan fingerprint density at radius 1 is 1.06 bits per heavy atom. The van der Waals surface area contributed by atoms with Crippen LogP contribution in [0.4, 0.5) is 24.7 Å². The summed E-state index contributed by atoms with van der Waals surface area (Å²) in [6.45, 7) is 7.54. The second-order valence-corrected chi connectivity index (χ2v) is 9.98. The molecule has 0 bridgehead atoms. The van der Waals surface area contributed by atoms with Crippen molar-refractivity contribution < 1.29 is 18.0 Å². The largest absolute Gasteiger partial charge is 0.416 e. The number of fused-ring (bicyclic) bond motifs is 1. The number of rotatable bonds is 4. The lowest BCUT2D eigenvalue weighted by atomic mass is 9.77. The Morgan fingerprint density at radius 2 is 1.81 bits per heavy atom. The topological polar surface area (TPSA) is 70.2 Å². The fourth-order valence-corrected chi connectivity index (χ4v) is 5.70. The highest BCUT2D eigenvalue weighted by molar-refractivity contribution is 6.03. The van der Waals surface area contributed by atoms with E-state index in [1.54, 1.807) is 6.07 Å². The molecular formula is C27H30F3N5O. The molecule has 3 aromatic rings. The molecule has 0 aliphatic carbocycles. The van der Waals surface area contributed by atoms with Crippen LogP contribution in [0.1, 0.15) is 54.6 Å². The zero-order valence-electron chi connectivity index (χ0n) is 20.7. The predicted octanol–water partition coefficient (Wildman–Crippen LogP) is 5.55. The van der Waals surface area contributed by atoms with Crippen LogP contribution in [-0.2, 0) is 11.0 Å². The summed E-state index contributed by atoms with van der Waals surface area (Å²) in [5.41, 5.74) is 1.34. The van der Waals surface area contributed by atoms with Crippen molar-refractivity contribution in [3.63, 3.8) is 0 Å². The molecule has 2 aliphatic heterocycles.